The first-order valence-corrected chi connectivity index (χ1v) is 19.2. The van der Waals surface area contributed by atoms with Crippen LogP contribution < -0.4 is 9.64 Å². The number of aryl methyl sites for hydroxylation is 1. The molecule has 0 spiro atoms. The first-order valence-electron chi connectivity index (χ1n) is 13.7. The number of hydrogen-bond donors (Lipinski definition) is 0. The molecule has 1 aliphatic heterocycles. The van der Waals surface area contributed by atoms with Crippen molar-refractivity contribution in [2.24, 2.45) is 0 Å². The fraction of sp³-hybridized carbons (Fsp3) is 0.394. The quantitative estimate of drug-likeness (QED) is 0.108. The summed E-state index contributed by atoms with van der Waals surface area (Å²) >= 11 is -2.05. The molecule has 1 fully saturated rings. The van der Waals surface area contributed by atoms with Gasteiger partial charge in [-0.25, -0.2) is 6.54 Å². The Balaban J connectivity index is 0.000000241. The van der Waals surface area contributed by atoms with Crippen molar-refractivity contribution < 1.29 is 23.2 Å². The van der Waals surface area contributed by atoms with E-state index in [-0.39, 0.29) is 22.7 Å². The second kappa shape index (κ2) is 13.8. The number of para-hydroxylation sites is 1. The molecule has 0 N–H and O–H groups in total. The summed E-state index contributed by atoms with van der Waals surface area (Å²) in [5, 5.41) is 10.7. The van der Waals surface area contributed by atoms with E-state index in [1.807, 2.05) is 13.8 Å². The van der Waals surface area contributed by atoms with Gasteiger partial charge in [-0.15, -0.1) is 5.41 Å². The number of nitro groups is 1. The average Bonchev–Trinajstić information content (AvgIpc) is 3.14. The van der Waals surface area contributed by atoms with Crippen molar-refractivity contribution in [3.05, 3.63) is 106 Å². The molecule has 224 valence electrons. The SMILES string of the molecule is CC(C)Oc1ccc([N+](=O)[O-])cc1[CH]=[Ru]([Cl])[Cl].Cc1cccc(C(C)C)c1N1[CH-]C(C)(c2ccccc2)CC1(C)C. The van der Waals surface area contributed by atoms with E-state index in [9.17, 15) is 10.1 Å². The second-order valence-electron chi connectivity index (χ2n) is 11.9. The van der Waals surface area contributed by atoms with Crippen molar-refractivity contribution in [1.82, 2.24) is 0 Å². The predicted octanol–water partition coefficient (Wildman–Crippen LogP) is 9.68. The first-order chi connectivity index (χ1) is 19.1. The molecule has 0 radical (unpaired) electrons. The second-order valence-corrected chi connectivity index (χ2v) is 17.6. The average molecular weight is 686 g/mol. The Hall–Kier alpha value is -2.27. The van der Waals surface area contributed by atoms with E-state index >= 15 is 0 Å². The Bertz CT molecular complexity index is 1390. The van der Waals surface area contributed by atoms with Gasteiger partial charge in [0.25, 0.3) is 0 Å². The third kappa shape index (κ3) is 8.40. The fourth-order valence-corrected chi connectivity index (χ4v) is 7.29. The largest absolute Gasteiger partial charge is 0.517 e. The van der Waals surface area contributed by atoms with Gasteiger partial charge >= 0.3 is 112 Å². The van der Waals surface area contributed by atoms with Gasteiger partial charge in [-0.3, -0.25) is 0 Å². The summed E-state index contributed by atoms with van der Waals surface area (Å²) in [6, 6.07) is 22.0. The Morgan fingerprint density at radius 3 is 2.24 bits per heavy atom. The van der Waals surface area contributed by atoms with Gasteiger partial charge in [0.15, 0.2) is 0 Å². The first kappa shape index (κ1) is 33.2. The number of rotatable bonds is 7. The molecule has 3 aromatic carbocycles. The molecule has 1 saturated heterocycles. The molecule has 1 aliphatic rings. The molecular weight excluding hydrogens is 644 g/mol. The van der Waals surface area contributed by atoms with Crippen LogP contribution in [-0.2, 0) is 18.9 Å². The van der Waals surface area contributed by atoms with Crippen LogP contribution in [0.25, 0.3) is 0 Å². The number of nitrogens with zero attached hydrogens (tertiary/aromatic N) is 2. The van der Waals surface area contributed by atoms with Crippen LogP contribution in [0.1, 0.15) is 83.1 Å². The van der Waals surface area contributed by atoms with Crippen LogP contribution in [-0.4, -0.2) is 21.2 Å². The number of non-ortho nitro benzene ring substituents is 1. The van der Waals surface area contributed by atoms with E-state index < -0.39 is 18.4 Å². The maximum atomic E-state index is 10.7. The van der Waals surface area contributed by atoms with E-state index in [1.165, 1.54) is 34.5 Å². The number of anilines is 1. The molecule has 0 aliphatic carbocycles. The van der Waals surface area contributed by atoms with Crippen molar-refractivity contribution in [3.63, 3.8) is 0 Å². The Kier molecular flexibility index (Phi) is 11.2. The third-order valence-electron chi connectivity index (χ3n) is 7.19. The molecule has 3 aromatic rings. The molecule has 0 saturated carbocycles. The summed E-state index contributed by atoms with van der Waals surface area (Å²) in [5.41, 5.74) is 6.35. The summed E-state index contributed by atoms with van der Waals surface area (Å²) in [7, 11) is 11.6. The van der Waals surface area contributed by atoms with Gasteiger partial charge in [0, 0.05) is 11.2 Å². The molecular formula is C33H41Cl2N2O3Ru-. The Morgan fingerprint density at radius 1 is 1.02 bits per heavy atom. The zero-order chi connectivity index (χ0) is 30.5. The predicted molar refractivity (Wildman–Crippen MR) is 170 cm³/mol. The van der Waals surface area contributed by atoms with Gasteiger partial charge in [0.05, 0.1) is 0 Å². The van der Waals surface area contributed by atoms with Crippen LogP contribution in [0.4, 0.5) is 11.4 Å². The summed E-state index contributed by atoms with van der Waals surface area (Å²) in [6.45, 7) is 20.2. The molecule has 0 aromatic heterocycles. The smallest absolute Gasteiger partial charge is 0.0140 e. The van der Waals surface area contributed by atoms with E-state index in [4.69, 9.17) is 24.1 Å². The number of halogens is 2. The molecule has 1 heterocycles. The Morgan fingerprint density at radius 2 is 1.68 bits per heavy atom. The minimum absolute atomic E-state index is 0.00360. The number of nitro benzene ring substituents is 1. The Labute approximate surface area is 258 Å². The van der Waals surface area contributed by atoms with Crippen LogP contribution in [0.2, 0.25) is 0 Å². The van der Waals surface area contributed by atoms with Crippen molar-refractivity contribution in [1.29, 1.82) is 0 Å². The molecule has 1 atom stereocenters. The summed E-state index contributed by atoms with van der Waals surface area (Å²) in [5.74, 6) is 1.08. The number of ether oxygens (including phenoxy) is 1. The molecule has 1 unspecified atom stereocenters. The normalized spacial score (nSPS) is 18.1. The van der Waals surface area contributed by atoms with Crippen LogP contribution in [0.5, 0.6) is 5.75 Å². The van der Waals surface area contributed by atoms with E-state index in [1.54, 1.807) is 10.7 Å². The molecule has 8 heteroatoms. The zero-order valence-corrected chi connectivity index (χ0v) is 28.3. The minimum Gasteiger partial charge on any atom is -0.517 e. The van der Waals surface area contributed by atoms with Gasteiger partial charge in [0.1, 0.15) is 0 Å². The number of hydrogen-bond acceptors (Lipinski definition) is 4. The summed E-state index contributed by atoms with van der Waals surface area (Å²) in [4.78, 5) is 12.8. The monoisotopic (exact) mass is 685 g/mol. The van der Waals surface area contributed by atoms with Crippen molar-refractivity contribution in [2.75, 3.05) is 4.90 Å². The summed E-state index contributed by atoms with van der Waals surface area (Å²) in [6.07, 6.45) is 1.10. The maximum absolute atomic E-state index is 10.7. The standard InChI is InChI=1S/C23H30N.C10H11NO3.2ClH.Ru/c1-17(2)20-14-10-11-18(3)21(20)24-16-23(6,15-22(24,4)5)19-12-8-7-9-13-19;1-7(2)14-10-5-4-9(11(12)13)6-8(10)3;;;/h7-14,16-17H,15H2,1-6H3;3-7H,1-2H3;2*1H;/q-1;;;;+2/p-2. The van der Waals surface area contributed by atoms with Gasteiger partial charge in [-0.2, -0.15) is 0 Å². The maximum Gasteiger partial charge on any atom is 0.0140 e. The zero-order valence-electron chi connectivity index (χ0n) is 25.1. The van der Waals surface area contributed by atoms with Crippen LogP contribution >= 0.6 is 19.4 Å². The van der Waals surface area contributed by atoms with Crippen molar-refractivity contribution in [2.45, 2.75) is 84.8 Å². The summed E-state index contributed by atoms with van der Waals surface area (Å²) < 4.78 is 7.17. The molecule has 0 bridgehead atoms. The van der Waals surface area contributed by atoms with E-state index in [0.29, 0.717) is 17.2 Å². The van der Waals surface area contributed by atoms with E-state index in [0.717, 1.165) is 6.42 Å². The van der Waals surface area contributed by atoms with Crippen LogP contribution in [0.3, 0.4) is 0 Å². The molecule has 5 nitrogen and oxygen atoms in total. The molecule has 0 amide bonds. The topological polar surface area (TPSA) is 55.6 Å². The van der Waals surface area contributed by atoms with Gasteiger partial charge in [0.2, 0.25) is 0 Å². The third-order valence-corrected chi connectivity index (χ3v) is 9.02. The number of benzene rings is 3. The minimum atomic E-state index is -2.05. The molecule has 4 rings (SSSR count). The fourth-order valence-electron chi connectivity index (χ4n) is 5.50. The van der Waals surface area contributed by atoms with Crippen molar-refractivity contribution in [3.8, 4) is 5.75 Å². The van der Waals surface area contributed by atoms with Gasteiger partial charge in [-0.1, -0.05) is 74.9 Å². The van der Waals surface area contributed by atoms with Gasteiger partial charge < -0.3 is 4.90 Å². The van der Waals surface area contributed by atoms with Crippen molar-refractivity contribution >= 4 is 35.4 Å². The van der Waals surface area contributed by atoms with Crippen LogP contribution in [0, 0.1) is 23.6 Å². The molecule has 41 heavy (non-hydrogen) atoms. The van der Waals surface area contributed by atoms with Gasteiger partial charge in [-0.05, 0) is 44.2 Å². The van der Waals surface area contributed by atoms with Crippen LogP contribution in [0.15, 0.2) is 66.7 Å². The van der Waals surface area contributed by atoms with E-state index in [2.05, 4.69) is 102 Å².